The van der Waals surface area contributed by atoms with Crippen molar-refractivity contribution in [1.82, 2.24) is 0 Å². The molecule has 0 aromatic heterocycles. The van der Waals surface area contributed by atoms with Crippen molar-refractivity contribution < 1.29 is 37.2 Å². The number of fused-ring (bicyclic) bond motifs is 1. The summed E-state index contributed by atoms with van der Waals surface area (Å²) >= 11 is 0. The largest absolute Gasteiger partial charge is 0.478 e. The van der Waals surface area contributed by atoms with Crippen molar-refractivity contribution in [2.24, 2.45) is 0 Å². The summed E-state index contributed by atoms with van der Waals surface area (Å²) in [6, 6.07) is 12.7. The van der Waals surface area contributed by atoms with Gasteiger partial charge >= 0.3 is 5.97 Å². The van der Waals surface area contributed by atoms with Crippen molar-refractivity contribution in [3.63, 3.8) is 0 Å². The van der Waals surface area contributed by atoms with E-state index in [1.54, 1.807) is 12.1 Å². The Hall–Kier alpha value is -0.908. The van der Waals surface area contributed by atoms with Gasteiger partial charge in [-0.15, -0.1) is 0 Å². The fraction of sp³-hybridized carbons (Fsp3) is 0. The van der Waals surface area contributed by atoms with Crippen molar-refractivity contribution in [2.45, 2.75) is 0 Å². The van der Waals surface area contributed by atoms with Gasteiger partial charge in [-0.2, -0.15) is 0 Å². The van der Waals surface area contributed by atoms with Crippen LogP contribution in [0.5, 0.6) is 0 Å². The number of rotatable bonds is 1. The van der Waals surface area contributed by atoms with E-state index < -0.39 is 5.97 Å². The summed E-state index contributed by atoms with van der Waals surface area (Å²) in [5, 5.41) is 10.6. The van der Waals surface area contributed by atoms with Crippen LogP contribution in [0.15, 0.2) is 42.5 Å². The zero-order valence-electron chi connectivity index (χ0n) is 7.60. The average Bonchev–Trinajstić information content (AvgIpc) is 2.17. The van der Waals surface area contributed by atoms with Gasteiger partial charge in [-0.05, 0) is 16.8 Å². The number of carboxylic acids is 1. The molecular formula is C11H8CdO2. The second-order valence-corrected chi connectivity index (χ2v) is 2.83. The Morgan fingerprint density at radius 3 is 2.36 bits per heavy atom. The van der Waals surface area contributed by atoms with E-state index in [1.807, 2.05) is 30.3 Å². The van der Waals surface area contributed by atoms with Crippen LogP contribution in [-0.2, 0) is 27.3 Å². The van der Waals surface area contributed by atoms with Crippen LogP contribution in [0.25, 0.3) is 10.8 Å². The number of carbonyl (C=O) groups is 1. The van der Waals surface area contributed by atoms with E-state index >= 15 is 0 Å². The van der Waals surface area contributed by atoms with Crippen LogP contribution in [0.3, 0.4) is 0 Å². The summed E-state index contributed by atoms with van der Waals surface area (Å²) in [5.74, 6) is -0.878. The van der Waals surface area contributed by atoms with Gasteiger partial charge in [-0.3, -0.25) is 0 Å². The fourth-order valence-electron chi connectivity index (χ4n) is 1.41. The van der Waals surface area contributed by atoms with Gasteiger partial charge in [0.25, 0.3) is 0 Å². The van der Waals surface area contributed by atoms with Gasteiger partial charge in [0.1, 0.15) is 0 Å². The minimum absolute atomic E-state index is 0. The van der Waals surface area contributed by atoms with Crippen LogP contribution in [0, 0.1) is 0 Å². The Kier molecular flexibility index (Phi) is 3.63. The molecule has 3 heteroatoms. The summed E-state index contributed by atoms with van der Waals surface area (Å²) in [7, 11) is 0. The number of aromatic carboxylic acids is 1. The van der Waals surface area contributed by atoms with Gasteiger partial charge in [0.05, 0.1) is 5.56 Å². The Bertz CT molecular complexity index is 460. The van der Waals surface area contributed by atoms with Crippen molar-refractivity contribution in [1.29, 1.82) is 0 Å². The van der Waals surface area contributed by atoms with Crippen LogP contribution in [0.2, 0.25) is 0 Å². The Balaban J connectivity index is 0.000000980. The summed E-state index contributed by atoms with van der Waals surface area (Å²) in [4.78, 5) is 10.8. The first-order valence-electron chi connectivity index (χ1n) is 4.00. The number of hydrogen-bond donors (Lipinski definition) is 1. The summed E-state index contributed by atoms with van der Waals surface area (Å²) in [6.07, 6.45) is 0. The molecule has 66 valence electrons. The number of benzene rings is 2. The Morgan fingerprint density at radius 2 is 1.64 bits per heavy atom. The van der Waals surface area contributed by atoms with E-state index in [2.05, 4.69) is 0 Å². The molecule has 0 heterocycles. The van der Waals surface area contributed by atoms with Gasteiger partial charge < -0.3 is 5.11 Å². The van der Waals surface area contributed by atoms with E-state index in [9.17, 15) is 4.79 Å². The molecule has 2 aromatic carbocycles. The molecule has 0 bridgehead atoms. The Labute approximate surface area is 102 Å². The standard InChI is InChI=1S/C11H8O2.Cd/c12-11(13)10-7-3-5-8-4-1-2-6-9(8)10;/h1-7H,(H,12,13);. The van der Waals surface area contributed by atoms with Gasteiger partial charge in [-0.1, -0.05) is 36.4 Å². The molecule has 0 saturated carbocycles. The minimum Gasteiger partial charge on any atom is -0.478 e. The number of hydrogen-bond acceptors (Lipinski definition) is 1. The zero-order chi connectivity index (χ0) is 9.26. The maximum Gasteiger partial charge on any atom is 0.336 e. The fourth-order valence-corrected chi connectivity index (χ4v) is 1.41. The summed E-state index contributed by atoms with van der Waals surface area (Å²) in [6.45, 7) is 0. The second-order valence-electron chi connectivity index (χ2n) is 2.83. The summed E-state index contributed by atoms with van der Waals surface area (Å²) in [5.41, 5.74) is 0.359. The molecule has 0 aliphatic rings. The van der Waals surface area contributed by atoms with Crippen molar-refractivity contribution in [3.05, 3.63) is 48.0 Å². The number of carboxylic acid groups (broad SMARTS) is 1. The molecule has 0 aliphatic heterocycles. The zero-order valence-corrected chi connectivity index (χ0v) is 11.6. The molecule has 0 unspecified atom stereocenters. The van der Waals surface area contributed by atoms with Crippen molar-refractivity contribution in [2.75, 3.05) is 0 Å². The maximum atomic E-state index is 10.8. The van der Waals surface area contributed by atoms with Crippen LogP contribution in [0.4, 0.5) is 0 Å². The molecule has 2 rings (SSSR count). The van der Waals surface area contributed by atoms with Gasteiger partial charge in [0.2, 0.25) is 0 Å². The topological polar surface area (TPSA) is 37.3 Å². The first-order valence-corrected chi connectivity index (χ1v) is 4.00. The van der Waals surface area contributed by atoms with Crippen LogP contribution in [0.1, 0.15) is 10.4 Å². The van der Waals surface area contributed by atoms with Crippen LogP contribution in [-0.4, -0.2) is 11.1 Å². The van der Waals surface area contributed by atoms with Gasteiger partial charge in [-0.25, -0.2) is 4.79 Å². The molecule has 14 heavy (non-hydrogen) atoms. The minimum atomic E-state index is -0.878. The summed E-state index contributed by atoms with van der Waals surface area (Å²) < 4.78 is 0. The normalized spacial score (nSPS) is 9.43. The molecule has 0 aliphatic carbocycles. The predicted molar refractivity (Wildman–Crippen MR) is 50.9 cm³/mol. The van der Waals surface area contributed by atoms with Crippen molar-refractivity contribution in [3.8, 4) is 0 Å². The third-order valence-electron chi connectivity index (χ3n) is 2.02. The molecule has 0 fully saturated rings. The molecule has 0 spiro atoms. The first-order chi connectivity index (χ1) is 6.29. The van der Waals surface area contributed by atoms with E-state index in [-0.39, 0.29) is 27.3 Å². The quantitative estimate of drug-likeness (QED) is 0.817. The Morgan fingerprint density at radius 1 is 1.00 bits per heavy atom. The van der Waals surface area contributed by atoms with E-state index in [4.69, 9.17) is 5.11 Å². The first kappa shape index (κ1) is 11.2. The smallest absolute Gasteiger partial charge is 0.336 e. The molecule has 2 nitrogen and oxygen atoms in total. The maximum absolute atomic E-state index is 10.8. The van der Waals surface area contributed by atoms with Gasteiger partial charge in [0.15, 0.2) is 0 Å². The van der Waals surface area contributed by atoms with Gasteiger partial charge in [0, 0.05) is 27.3 Å². The van der Waals surface area contributed by atoms with E-state index in [1.165, 1.54) is 0 Å². The molecule has 1 N–H and O–H groups in total. The van der Waals surface area contributed by atoms with Crippen molar-refractivity contribution >= 4 is 16.7 Å². The SMILES string of the molecule is O=C(O)c1cccc2ccccc12.[Cd]. The molecule has 0 atom stereocenters. The van der Waals surface area contributed by atoms with Crippen LogP contribution < -0.4 is 0 Å². The van der Waals surface area contributed by atoms with Crippen LogP contribution >= 0.6 is 0 Å². The van der Waals surface area contributed by atoms with E-state index in [0.717, 1.165) is 10.8 Å². The third-order valence-corrected chi connectivity index (χ3v) is 2.02. The van der Waals surface area contributed by atoms with E-state index in [0.29, 0.717) is 5.56 Å². The molecule has 0 saturated heterocycles. The second kappa shape index (κ2) is 4.55. The predicted octanol–water partition coefficient (Wildman–Crippen LogP) is 2.54. The molecular weight excluding hydrogens is 277 g/mol. The average molecular weight is 285 g/mol. The molecule has 0 amide bonds. The molecule has 0 radical (unpaired) electrons. The third kappa shape index (κ3) is 1.95. The molecule has 2 aromatic rings. The monoisotopic (exact) mass is 286 g/mol.